The van der Waals surface area contributed by atoms with Crippen LogP contribution in [0.25, 0.3) is 10.9 Å². The first-order valence-electron chi connectivity index (χ1n) is 12.7. The molecule has 2 aliphatic rings. The summed E-state index contributed by atoms with van der Waals surface area (Å²) in [6, 6.07) is 4.00. The van der Waals surface area contributed by atoms with E-state index in [1.54, 1.807) is 0 Å². The van der Waals surface area contributed by atoms with Crippen LogP contribution in [0, 0.1) is 0 Å². The van der Waals surface area contributed by atoms with Gasteiger partial charge in [0, 0.05) is 69.2 Å². The van der Waals surface area contributed by atoms with Crippen LogP contribution in [0.2, 0.25) is 0 Å². The summed E-state index contributed by atoms with van der Waals surface area (Å²) in [5.41, 5.74) is 0.726. The van der Waals surface area contributed by atoms with Gasteiger partial charge in [-0.1, -0.05) is 0 Å². The van der Waals surface area contributed by atoms with Gasteiger partial charge in [-0.3, -0.25) is 4.90 Å². The minimum Gasteiger partial charge on any atom is -0.489 e. The van der Waals surface area contributed by atoms with E-state index in [0.29, 0.717) is 35.7 Å². The summed E-state index contributed by atoms with van der Waals surface area (Å²) < 4.78 is 51.2. The highest BCUT2D eigenvalue weighted by molar-refractivity contribution is 7.13. The summed E-state index contributed by atoms with van der Waals surface area (Å²) >= 11 is 0.877. The fourth-order valence-corrected chi connectivity index (χ4v) is 5.33. The molecule has 206 valence electrons. The summed E-state index contributed by atoms with van der Waals surface area (Å²) in [6.07, 6.45) is -1.62. The highest BCUT2D eigenvalue weighted by atomic mass is 32.1. The topological polar surface area (TPSA) is 78.9 Å². The van der Waals surface area contributed by atoms with Gasteiger partial charge in [0.1, 0.15) is 24.0 Å². The average molecular weight is 552 g/mol. The van der Waals surface area contributed by atoms with Gasteiger partial charge < -0.3 is 24.6 Å². The maximum Gasteiger partial charge on any atom is 0.434 e. The molecular formula is C25H32F3N7O2S. The Hall–Kier alpha value is -2.74. The minimum atomic E-state index is -4.51. The molecule has 0 spiro atoms. The van der Waals surface area contributed by atoms with Crippen molar-refractivity contribution >= 4 is 38.9 Å². The highest BCUT2D eigenvalue weighted by Crippen LogP contribution is 2.38. The summed E-state index contributed by atoms with van der Waals surface area (Å²) in [4.78, 5) is 19.5. The van der Waals surface area contributed by atoms with Crippen LogP contribution in [0.3, 0.4) is 0 Å². The largest absolute Gasteiger partial charge is 0.489 e. The molecule has 1 N–H and O–H groups in total. The van der Waals surface area contributed by atoms with Gasteiger partial charge in [-0.05, 0) is 20.2 Å². The first-order valence-corrected chi connectivity index (χ1v) is 13.6. The predicted octanol–water partition coefficient (Wildman–Crippen LogP) is 4.09. The lowest BCUT2D eigenvalue weighted by molar-refractivity contribution is -0.140. The molecule has 0 bridgehead atoms. The van der Waals surface area contributed by atoms with E-state index in [4.69, 9.17) is 9.47 Å². The van der Waals surface area contributed by atoms with Crippen molar-refractivity contribution in [2.75, 3.05) is 76.8 Å². The normalized spacial score (nSPS) is 17.9. The van der Waals surface area contributed by atoms with E-state index in [1.165, 1.54) is 6.33 Å². The van der Waals surface area contributed by atoms with E-state index in [2.05, 4.69) is 49.1 Å². The first kappa shape index (κ1) is 26.9. The molecule has 2 saturated heterocycles. The van der Waals surface area contributed by atoms with Crippen molar-refractivity contribution < 1.29 is 22.6 Å². The van der Waals surface area contributed by atoms with Crippen LogP contribution >= 0.6 is 11.3 Å². The summed E-state index contributed by atoms with van der Waals surface area (Å²) in [5, 5.41) is 4.69. The molecule has 4 heterocycles. The number of rotatable bonds is 8. The standard InChI is InChI=1S/C25H32F3N7O2S/c1-33(2)5-6-34-7-9-35(10-8-34)17-13-19-22(20(14-17)37-18-3-11-36-12-4-18)23(30-16-29-19)32-24-31-21(15-38-24)25(26,27)28/h13-16,18H,3-12H2,1-2H3,(H,29,30,31,32). The molecule has 3 aromatic rings. The molecule has 0 aliphatic carbocycles. The number of fused-ring (bicyclic) bond motifs is 1. The Kier molecular flexibility index (Phi) is 8.17. The summed E-state index contributed by atoms with van der Waals surface area (Å²) in [7, 11) is 4.17. The molecule has 5 rings (SSSR count). The van der Waals surface area contributed by atoms with Crippen molar-refractivity contribution in [3.8, 4) is 5.75 Å². The number of piperazine rings is 1. The van der Waals surface area contributed by atoms with E-state index in [9.17, 15) is 13.2 Å². The second-order valence-corrected chi connectivity index (χ2v) is 10.6. The van der Waals surface area contributed by atoms with Crippen LogP contribution in [0.15, 0.2) is 23.8 Å². The molecule has 0 saturated carbocycles. The number of nitrogens with zero attached hydrogens (tertiary/aromatic N) is 6. The van der Waals surface area contributed by atoms with Gasteiger partial charge in [-0.2, -0.15) is 13.2 Å². The number of hydrogen-bond donors (Lipinski definition) is 1. The number of thiazole rings is 1. The zero-order valence-corrected chi connectivity index (χ0v) is 22.3. The van der Waals surface area contributed by atoms with Crippen LogP contribution in [0.4, 0.5) is 29.8 Å². The Morgan fingerprint density at radius 2 is 1.89 bits per heavy atom. The molecular weight excluding hydrogens is 519 g/mol. The maximum atomic E-state index is 13.1. The lowest BCUT2D eigenvalue weighted by Crippen LogP contribution is -2.48. The van der Waals surface area contributed by atoms with Gasteiger partial charge in [0.25, 0.3) is 0 Å². The third kappa shape index (κ3) is 6.45. The number of halogens is 3. The van der Waals surface area contributed by atoms with Gasteiger partial charge in [-0.15, -0.1) is 11.3 Å². The van der Waals surface area contributed by atoms with Crippen LogP contribution in [-0.4, -0.2) is 97.4 Å². The monoisotopic (exact) mass is 551 g/mol. The fraction of sp³-hybridized carbons (Fsp3) is 0.560. The molecule has 0 radical (unpaired) electrons. The Morgan fingerprint density at radius 1 is 1.13 bits per heavy atom. The second kappa shape index (κ2) is 11.6. The smallest absolute Gasteiger partial charge is 0.434 e. The van der Waals surface area contributed by atoms with Crippen molar-refractivity contribution in [3.05, 3.63) is 29.5 Å². The van der Waals surface area contributed by atoms with Gasteiger partial charge in [0.05, 0.1) is 24.1 Å². The maximum absolute atomic E-state index is 13.1. The van der Waals surface area contributed by atoms with E-state index in [-0.39, 0.29) is 11.2 Å². The highest BCUT2D eigenvalue weighted by Gasteiger charge is 2.34. The molecule has 38 heavy (non-hydrogen) atoms. The number of benzene rings is 1. The third-order valence-corrected chi connectivity index (χ3v) is 7.53. The number of hydrogen-bond acceptors (Lipinski definition) is 10. The zero-order valence-electron chi connectivity index (χ0n) is 21.5. The minimum absolute atomic E-state index is 0.0326. The second-order valence-electron chi connectivity index (χ2n) is 9.78. The zero-order chi connectivity index (χ0) is 26.7. The average Bonchev–Trinajstić information content (AvgIpc) is 3.38. The van der Waals surface area contributed by atoms with E-state index in [0.717, 1.165) is 74.5 Å². The van der Waals surface area contributed by atoms with Crippen molar-refractivity contribution in [2.24, 2.45) is 0 Å². The Bertz CT molecular complexity index is 1230. The molecule has 1 aromatic carbocycles. The van der Waals surface area contributed by atoms with E-state index < -0.39 is 11.9 Å². The van der Waals surface area contributed by atoms with Gasteiger partial charge in [0.15, 0.2) is 10.8 Å². The Morgan fingerprint density at radius 3 is 2.58 bits per heavy atom. The molecule has 13 heteroatoms. The SMILES string of the molecule is CN(C)CCN1CCN(c2cc(OC3CCOCC3)c3c(Nc4nc(C(F)(F)F)cs4)ncnc3c2)CC1. The molecule has 2 aromatic heterocycles. The Balaban J connectivity index is 1.44. The number of anilines is 3. The number of nitrogens with one attached hydrogen (secondary N) is 1. The number of aromatic nitrogens is 3. The Labute approximate surface area is 223 Å². The van der Waals surface area contributed by atoms with E-state index >= 15 is 0 Å². The van der Waals surface area contributed by atoms with Crippen molar-refractivity contribution in [3.63, 3.8) is 0 Å². The van der Waals surface area contributed by atoms with Gasteiger partial charge in [0.2, 0.25) is 0 Å². The van der Waals surface area contributed by atoms with Crippen molar-refractivity contribution in [1.82, 2.24) is 24.8 Å². The van der Waals surface area contributed by atoms with Crippen molar-refractivity contribution in [1.29, 1.82) is 0 Å². The number of ether oxygens (including phenoxy) is 2. The van der Waals surface area contributed by atoms with Crippen LogP contribution < -0.4 is 15.0 Å². The molecule has 9 nitrogen and oxygen atoms in total. The van der Waals surface area contributed by atoms with Crippen LogP contribution in [0.1, 0.15) is 18.5 Å². The quantitative estimate of drug-likeness (QED) is 0.445. The van der Waals surface area contributed by atoms with Gasteiger partial charge in [-0.25, -0.2) is 15.0 Å². The molecule has 0 amide bonds. The summed E-state index contributed by atoms with van der Waals surface area (Å²) in [5.74, 6) is 0.968. The lowest BCUT2D eigenvalue weighted by Gasteiger charge is -2.37. The third-order valence-electron chi connectivity index (χ3n) is 6.77. The molecule has 0 unspecified atom stereocenters. The van der Waals surface area contributed by atoms with E-state index in [1.807, 2.05) is 12.1 Å². The molecule has 2 fully saturated rings. The molecule has 0 atom stereocenters. The fourth-order valence-electron chi connectivity index (χ4n) is 4.62. The van der Waals surface area contributed by atoms with Gasteiger partial charge >= 0.3 is 6.18 Å². The number of likely N-dealkylation sites (N-methyl/N-ethyl adjacent to an activating group) is 1. The van der Waals surface area contributed by atoms with Crippen LogP contribution in [-0.2, 0) is 10.9 Å². The first-order chi connectivity index (χ1) is 18.3. The summed E-state index contributed by atoms with van der Waals surface area (Å²) in [6.45, 7) is 6.99. The lowest BCUT2D eigenvalue weighted by atomic mass is 10.1. The van der Waals surface area contributed by atoms with Crippen molar-refractivity contribution in [2.45, 2.75) is 25.1 Å². The predicted molar refractivity (Wildman–Crippen MR) is 142 cm³/mol. The van der Waals surface area contributed by atoms with Crippen LogP contribution in [0.5, 0.6) is 5.75 Å². The number of alkyl halides is 3. The molecule has 2 aliphatic heterocycles.